The minimum Gasteiger partial charge on any atom is -0.383 e. The molecule has 0 saturated heterocycles. The van der Waals surface area contributed by atoms with Crippen LogP contribution in [0.4, 0.5) is 15.9 Å². The quantitative estimate of drug-likeness (QED) is 0.876. The number of hydrogen-bond acceptors (Lipinski definition) is 3. The molecule has 0 aliphatic rings. The van der Waals surface area contributed by atoms with Crippen molar-refractivity contribution in [3.05, 3.63) is 51.3 Å². The van der Waals surface area contributed by atoms with Crippen molar-refractivity contribution in [1.82, 2.24) is 4.98 Å². The standard InChI is InChI=1S/C12H8BrClFN3O/c13-6-3-8(11(16)17-5-6)12(19)18-10-2-1-7(14)4-9(10)15/h1-5H,(H2,16,17)(H,18,19). The van der Waals surface area contributed by atoms with Gasteiger partial charge >= 0.3 is 0 Å². The van der Waals surface area contributed by atoms with Gasteiger partial charge in [-0.2, -0.15) is 0 Å². The summed E-state index contributed by atoms with van der Waals surface area (Å²) in [6.07, 6.45) is 1.47. The van der Waals surface area contributed by atoms with Gasteiger partial charge in [-0.15, -0.1) is 0 Å². The first-order valence-corrected chi connectivity index (χ1v) is 6.32. The summed E-state index contributed by atoms with van der Waals surface area (Å²) in [5.41, 5.74) is 5.78. The van der Waals surface area contributed by atoms with E-state index in [9.17, 15) is 9.18 Å². The minimum atomic E-state index is -0.623. The van der Waals surface area contributed by atoms with Crippen LogP contribution in [-0.2, 0) is 0 Å². The molecule has 1 amide bonds. The summed E-state index contributed by atoms with van der Waals surface area (Å²) in [4.78, 5) is 15.8. The van der Waals surface area contributed by atoms with Gasteiger partial charge in [-0.25, -0.2) is 9.37 Å². The van der Waals surface area contributed by atoms with E-state index in [2.05, 4.69) is 26.2 Å². The van der Waals surface area contributed by atoms with Gasteiger partial charge in [0.25, 0.3) is 5.91 Å². The highest BCUT2D eigenvalue weighted by molar-refractivity contribution is 9.10. The lowest BCUT2D eigenvalue weighted by Crippen LogP contribution is -2.15. The van der Waals surface area contributed by atoms with Gasteiger partial charge in [0.05, 0.1) is 11.3 Å². The fraction of sp³-hybridized carbons (Fsp3) is 0. The van der Waals surface area contributed by atoms with Gasteiger partial charge < -0.3 is 11.1 Å². The van der Waals surface area contributed by atoms with Crippen molar-refractivity contribution < 1.29 is 9.18 Å². The Balaban J connectivity index is 2.28. The Morgan fingerprint density at radius 1 is 1.42 bits per heavy atom. The monoisotopic (exact) mass is 343 g/mol. The molecule has 7 heteroatoms. The molecule has 1 aromatic heterocycles. The first kappa shape index (κ1) is 13.8. The molecule has 4 nitrogen and oxygen atoms in total. The van der Waals surface area contributed by atoms with Crippen LogP contribution in [0.5, 0.6) is 0 Å². The van der Waals surface area contributed by atoms with Crippen LogP contribution in [0.1, 0.15) is 10.4 Å². The minimum absolute atomic E-state index is 0.0220. The molecule has 0 bridgehead atoms. The van der Waals surface area contributed by atoms with Crippen LogP contribution >= 0.6 is 27.5 Å². The topological polar surface area (TPSA) is 68.0 Å². The highest BCUT2D eigenvalue weighted by atomic mass is 79.9. The van der Waals surface area contributed by atoms with Crippen LogP contribution in [-0.4, -0.2) is 10.9 Å². The van der Waals surface area contributed by atoms with Crippen LogP contribution in [0.2, 0.25) is 5.02 Å². The average Bonchev–Trinajstić information content (AvgIpc) is 2.35. The maximum atomic E-state index is 13.6. The number of aromatic nitrogens is 1. The first-order chi connectivity index (χ1) is 8.97. The number of benzene rings is 1. The number of nitrogen functional groups attached to an aromatic ring is 1. The molecule has 0 atom stereocenters. The van der Waals surface area contributed by atoms with Crippen molar-refractivity contribution in [3.63, 3.8) is 0 Å². The Labute approximate surface area is 121 Å². The van der Waals surface area contributed by atoms with Crippen LogP contribution in [0, 0.1) is 5.82 Å². The lowest BCUT2D eigenvalue weighted by atomic mass is 10.2. The van der Waals surface area contributed by atoms with Gasteiger partial charge in [0.1, 0.15) is 11.6 Å². The van der Waals surface area contributed by atoms with Crippen molar-refractivity contribution >= 4 is 44.9 Å². The second-order valence-electron chi connectivity index (χ2n) is 3.66. The summed E-state index contributed by atoms with van der Waals surface area (Å²) in [5, 5.41) is 2.66. The van der Waals surface area contributed by atoms with Crippen LogP contribution in [0.15, 0.2) is 34.9 Å². The molecule has 0 spiro atoms. The molecule has 2 aromatic rings. The maximum absolute atomic E-state index is 13.6. The molecule has 98 valence electrons. The number of carbonyl (C=O) groups is 1. The summed E-state index contributed by atoms with van der Waals surface area (Å²) in [5.74, 6) is -1.11. The Kier molecular flexibility index (Phi) is 4.01. The maximum Gasteiger partial charge on any atom is 0.259 e. The zero-order valence-electron chi connectivity index (χ0n) is 9.45. The predicted molar refractivity (Wildman–Crippen MR) is 75.7 cm³/mol. The van der Waals surface area contributed by atoms with Crippen LogP contribution in [0.3, 0.4) is 0 Å². The summed E-state index contributed by atoms with van der Waals surface area (Å²) >= 11 is 8.81. The molecule has 0 fully saturated rings. The molecule has 3 N–H and O–H groups in total. The number of rotatable bonds is 2. The van der Waals surface area contributed by atoms with Gasteiger partial charge in [0.15, 0.2) is 0 Å². The van der Waals surface area contributed by atoms with E-state index in [4.69, 9.17) is 17.3 Å². The number of nitrogens with zero attached hydrogens (tertiary/aromatic N) is 1. The van der Waals surface area contributed by atoms with E-state index in [1.807, 2.05) is 0 Å². The normalized spacial score (nSPS) is 10.3. The van der Waals surface area contributed by atoms with Crippen molar-refractivity contribution in [2.45, 2.75) is 0 Å². The van der Waals surface area contributed by atoms with Gasteiger partial charge in [0.2, 0.25) is 0 Å². The SMILES string of the molecule is Nc1ncc(Br)cc1C(=O)Nc1ccc(Cl)cc1F. The van der Waals surface area contributed by atoms with Crippen molar-refractivity contribution in [2.24, 2.45) is 0 Å². The third-order valence-corrected chi connectivity index (χ3v) is 2.98. The fourth-order valence-corrected chi connectivity index (χ4v) is 1.90. The van der Waals surface area contributed by atoms with Crippen LogP contribution in [0.25, 0.3) is 0 Å². The molecule has 0 aliphatic carbocycles. The number of carbonyl (C=O) groups excluding carboxylic acids is 1. The summed E-state index contributed by atoms with van der Waals surface area (Å²) in [6, 6.07) is 5.46. The third-order valence-electron chi connectivity index (χ3n) is 2.31. The number of hydrogen-bond donors (Lipinski definition) is 2. The van der Waals surface area contributed by atoms with E-state index in [1.54, 1.807) is 0 Å². The second-order valence-corrected chi connectivity index (χ2v) is 5.02. The van der Waals surface area contributed by atoms with Crippen LogP contribution < -0.4 is 11.1 Å². The Morgan fingerprint density at radius 3 is 2.84 bits per heavy atom. The Hall–Kier alpha value is -1.66. The lowest BCUT2D eigenvalue weighted by molar-refractivity contribution is 0.102. The van der Waals surface area contributed by atoms with E-state index < -0.39 is 11.7 Å². The predicted octanol–water partition coefficient (Wildman–Crippen LogP) is 3.47. The molecule has 1 aromatic carbocycles. The van der Waals surface area contributed by atoms with E-state index in [0.717, 1.165) is 6.07 Å². The fourth-order valence-electron chi connectivity index (χ4n) is 1.41. The number of nitrogens with one attached hydrogen (secondary N) is 1. The molecule has 0 unspecified atom stereocenters. The molecule has 19 heavy (non-hydrogen) atoms. The zero-order valence-corrected chi connectivity index (χ0v) is 11.8. The summed E-state index contributed by atoms with van der Waals surface area (Å²) < 4.78 is 14.2. The smallest absolute Gasteiger partial charge is 0.259 e. The molecular weight excluding hydrogens is 337 g/mol. The Bertz CT molecular complexity index is 651. The molecule has 0 aliphatic heterocycles. The first-order valence-electron chi connectivity index (χ1n) is 5.15. The largest absolute Gasteiger partial charge is 0.383 e. The van der Waals surface area contributed by atoms with Crippen molar-refractivity contribution in [1.29, 1.82) is 0 Å². The van der Waals surface area contributed by atoms with E-state index in [0.29, 0.717) is 4.47 Å². The summed E-state index contributed by atoms with van der Waals surface area (Å²) in [6.45, 7) is 0. The van der Waals surface area contributed by atoms with E-state index in [-0.39, 0.29) is 22.1 Å². The van der Waals surface area contributed by atoms with Gasteiger partial charge in [0, 0.05) is 15.7 Å². The third kappa shape index (κ3) is 3.21. The molecule has 1 heterocycles. The number of amides is 1. The number of pyridine rings is 1. The number of halogens is 3. The zero-order chi connectivity index (χ0) is 14.0. The molecule has 0 saturated carbocycles. The van der Waals surface area contributed by atoms with Gasteiger partial charge in [-0.05, 0) is 40.2 Å². The molecule has 0 radical (unpaired) electrons. The molecule has 2 rings (SSSR count). The molecular formula is C12H8BrClFN3O. The van der Waals surface area contributed by atoms with E-state index >= 15 is 0 Å². The Morgan fingerprint density at radius 2 is 2.16 bits per heavy atom. The second kappa shape index (κ2) is 5.54. The highest BCUT2D eigenvalue weighted by Crippen LogP contribution is 2.21. The highest BCUT2D eigenvalue weighted by Gasteiger charge is 2.13. The average molecular weight is 345 g/mol. The number of nitrogens with two attached hydrogens (primary N) is 1. The van der Waals surface area contributed by atoms with Gasteiger partial charge in [-0.1, -0.05) is 11.6 Å². The van der Waals surface area contributed by atoms with Crippen molar-refractivity contribution in [3.8, 4) is 0 Å². The summed E-state index contributed by atoms with van der Waals surface area (Å²) in [7, 11) is 0. The van der Waals surface area contributed by atoms with Gasteiger partial charge in [-0.3, -0.25) is 4.79 Å². The lowest BCUT2D eigenvalue weighted by Gasteiger charge is -2.08. The number of anilines is 2. The van der Waals surface area contributed by atoms with Crippen molar-refractivity contribution in [2.75, 3.05) is 11.1 Å². The van der Waals surface area contributed by atoms with E-state index in [1.165, 1.54) is 24.4 Å².